The molecule has 0 saturated carbocycles. The highest BCUT2D eigenvalue weighted by Gasteiger charge is 2.38. The van der Waals surface area contributed by atoms with Crippen molar-refractivity contribution in [3.8, 4) is 0 Å². The number of Topliss-reactive ketones (excluding diaryl/α,β-unsaturated/α-hetero) is 1. The van der Waals surface area contributed by atoms with Crippen molar-refractivity contribution in [1.29, 1.82) is 0 Å². The van der Waals surface area contributed by atoms with Crippen LogP contribution >= 0.6 is 0 Å². The fraction of sp³-hybridized carbons (Fsp3) is 0.367. The summed E-state index contributed by atoms with van der Waals surface area (Å²) in [6, 6.07) is 0. The largest absolute Gasteiger partial charge is 0.361 e. The maximum Gasteiger partial charge on any atom is 0.169 e. The molecule has 5 heteroatoms. The van der Waals surface area contributed by atoms with Crippen molar-refractivity contribution in [3.05, 3.63) is 78.2 Å². The highest BCUT2D eigenvalue weighted by molar-refractivity contribution is 6.13. The van der Waals surface area contributed by atoms with Gasteiger partial charge >= 0.3 is 0 Å². The van der Waals surface area contributed by atoms with Crippen molar-refractivity contribution in [2.45, 2.75) is 61.3 Å². The molecule has 2 atom stereocenters. The molecular formula is C30H34N4O. The first-order valence-electron chi connectivity index (χ1n) is 12.7. The Labute approximate surface area is 206 Å². The van der Waals surface area contributed by atoms with Gasteiger partial charge in [0.1, 0.15) is 0 Å². The molecule has 0 aromatic carbocycles. The van der Waals surface area contributed by atoms with E-state index in [0.29, 0.717) is 18.3 Å². The topological polar surface area (TPSA) is 76.5 Å². The number of carbonyl (C=O) groups is 1. The van der Waals surface area contributed by atoms with Crippen LogP contribution in [0, 0.1) is 46.5 Å². The average molecular weight is 467 g/mol. The number of nitrogens with one attached hydrogen (secondary N) is 4. The van der Waals surface area contributed by atoms with Gasteiger partial charge in [-0.05, 0) is 87.1 Å². The van der Waals surface area contributed by atoms with Gasteiger partial charge in [-0.25, -0.2) is 0 Å². The molecule has 3 aliphatic rings. The quantitative estimate of drug-likeness (QED) is 0.416. The van der Waals surface area contributed by atoms with Crippen LogP contribution in [0.4, 0.5) is 0 Å². The summed E-state index contributed by atoms with van der Waals surface area (Å²) in [5.41, 5.74) is 14.7. The molecule has 1 saturated heterocycles. The van der Waals surface area contributed by atoms with Gasteiger partial charge in [0.25, 0.3) is 0 Å². The molecule has 5 heterocycles. The molecule has 1 fully saturated rings. The zero-order chi connectivity index (χ0) is 24.8. The Balaban J connectivity index is 1.72. The van der Waals surface area contributed by atoms with E-state index in [1.807, 2.05) is 0 Å². The maximum atomic E-state index is 13.2. The minimum Gasteiger partial charge on any atom is -0.361 e. The number of hydrogen-bond donors (Lipinski definition) is 4. The van der Waals surface area contributed by atoms with Crippen LogP contribution in [0.15, 0.2) is 11.4 Å². The summed E-state index contributed by atoms with van der Waals surface area (Å²) in [5.74, 6) is 0.928. The third-order valence-electron chi connectivity index (χ3n) is 8.87. The predicted molar refractivity (Wildman–Crippen MR) is 142 cm³/mol. The predicted octanol–water partition coefficient (Wildman–Crippen LogP) is 4.79. The summed E-state index contributed by atoms with van der Waals surface area (Å²) < 4.78 is 0. The smallest absolute Gasteiger partial charge is 0.169 e. The molecule has 4 N–H and O–H groups in total. The molecule has 35 heavy (non-hydrogen) atoms. The lowest BCUT2D eigenvalue weighted by Gasteiger charge is -2.15. The number of ketones is 1. The number of aromatic amines is 3. The standard InChI is InChI=1S/C30H34N4O/c1-8-19-17(6)25-11-23-15(4)13(2)21(31-23)10-22-14(3)16(5)24(32-22)12-26-18(7)28-27(35)9-20(29(19)33-25)30(28)34-26/h10-12,17,19,31-34H,8-9H2,1-7H3/b22-10-,24-12-,25-11-,29-20-/t17-,19-/m0/s1. The van der Waals surface area contributed by atoms with E-state index in [4.69, 9.17) is 0 Å². The van der Waals surface area contributed by atoms with E-state index in [1.54, 1.807) is 0 Å². The van der Waals surface area contributed by atoms with E-state index in [-0.39, 0.29) is 5.78 Å². The van der Waals surface area contributed by atoms with E-state index in [1.165, 1.54) is 33.6 Å². The Kier molecular flexibility index (Phi) is 4.73. The van der Waals surface area contributed by atoms with E-state index in [2.05, 4.69) is 87.0 Å². The molecular weight excluding hydrogens is 432 g/mol. The van der Waals surface area contributed by atoms with Crippen molar-refractivity contribution < 1.29 is 4.79 Å². The molecule has 6 rings (SSSR count). The summed E-state index contributed by atoms with van der Waals surface area (Å²) in [5, 5.41) is 5.97. The lowest BCUT2D eigenvalue weighted by Crippen LogP contribution is -2.12. The molecule has 3 aromatic rings. The molecule has 180 valence electrons. The molecule has 0 spiro atoms. The van der Waals surface area contributed by atoms with Gasteiger partial charge in [-0.15, -0.1) is 0 Å². The molecule has 1 aliphatic carbocycles. The Morgan fingerprint density at radius 3 is 2.03 bits per heavy atom. The van der Waals surface area contributed by atoms with Crippen LogP contribution in [-0.4, -0.2) is 20.7 Å². The first-order valence-corrected chi connectivity index (χ1v) is 12.7. The molecule has 0 amide bonds. The van der Waals surface area contributed by atoms with Gasteiger partial charge in [-0.1, -0.05) is 13.8 Å². The second-order valence-electron chi connectivity index (χ2n) is 10.6. The van der Waals surface area contributed by atoms with Crippen LogP contribution in [0.2, 0.25) is 0 Å². The molecule has 3 aromatic heterocycles. The first-order chi connectivity index (χ1) is 16.7. The van der Waals surface area contributed by atoms with Crippen LogP contribution in [0.25, 0.3) is 23.8 Å². The van der Waals surface area contributed by atoms with E-state index in [9.17, 15) is 4.79 Å². The molecule has 0 radical (unpaired) electrons. The van der Waals surface area contributed by atoms with E-state index >= 15 is 0 Å². The van der Waals surface area contributed by atoms with Crippen LogP contribution in [-0.2, 0) is 0 Å². The van der Waals surface area contributed by atoms with Gasteiger partial charge in [0.2, 0.25) is 0 Å². The summed E-state index contributed by atoms with van der Waals surface area (Å²) in [6.45, 7) is 15.3. The number of fused-ring (bicyclic) bond motifs is 7. The highest BCUT2D eigenvalue weighted by Crippen LogP contribution is 2.45. The third kappa shape index (κ3) is 3.03. The van der Waals surface area contributed by atoms with Crippen molar-refractivity contribution in [1.82, 2.24) is 20.3 Å². The number of rotatable bonds is 1. The number of carbonyl (C=O) groups excluding carboxylic acids is 1. The second kappa shape index (κ2) is 7.51. The summed E-state index contributed by atoms with van der Waals surface area (Å²) in [7, 11) is 0. The monoisotopic (exact) mass is 466 g/mol. The van der Waals surface area contributed by atoms with Gasteiger partial charge in [-0.3, -0.25) is 4.79 Å². The van der Waals surface area contributed by atoms with Crippen LogP contribution < -0.4 is 16.0 Å². The van der Waals surface area contributed by atoms with E-state index < -0.39 is 0 Å². The Bertz CT molecular complexity index is 1610. The first kappa shape index (κ1) is 22.0. The van der Waals surface area contributed by atoms with Crippen molar-refractivity contribution >= 4 is 29.6 Å². The molecule has 2 aliphatic heterocycles. The summed E-state index contributed by atoms with van der Waals surface area (Å²) >= 11 is 0. The van der Waals surface area contributed by atoms with Crippen LogP contribution in [0.3, 0.4) is 0 Å². The number of hydrogen-bond acceptors (Lipinski definition) is 2. The number of allylic oxidation sites excluding steroid dienone is 3. The van der Waals surface area contributed by atoms with Gasteiger partial charge in [0, 0.05) is 68.6 Å². The highest BCUT2D eigenvalue weighted by atomic mass is 16.1. The molecule has 5 nitrogen and oxygen atoms in total. The van der Waals surface area contributed by atoms with E-state index in [0.717, 1.165) is 56.6 Å². The van der Waals surface area contributed by atoms with Gasteiger partial charge in [0.15, 0.2) is 5.78 Å². The van der Waals surface area contributed by atoms with Crippen molar-refractivity contribution in [3.63, 3.8) is 0 Å². The Hall–Kier alpha value is -3.47. The fourth-order valence-electron chi connectivity index (χ4n) is 6.25. The molecule has 0 unspecified atom stereocenters. The summed E-state index contributed by atoms with van der Waals surface area (Å²) in [6.07, 6.45) is 8.16. The SMILES string of the molecule is CC[C@@H]1/C2=C3\CC(=O)c4c3[nH]c(c4C)/C=c3\[nH]/c(c(C)c3C)=C\c3[nH]c(c(C)c3C)/C=C(\N2)[C@H]1C. The third-order valence-corrected chi connectivity index (χ3v) is 8.87. The number of aromatic nitrogens is 3. The van der Waals surface area contributed by atoms with Gasteiger partial charge in [-0.2, -0.15) is 0 Å². The maximum absolute atomic E-state index is 13.2. The lowest BCUT2D eigenvalue weighted by molar-refractivity contribution is 0.100. The van der Waals surface area contributed by atoms with Crippen molar-refractivity contribution in [2.75, 3.05) is 0 Å². The number of H-pyrrole nitrogens is 3. The Morgan fingerprint density at radius 2 is 1.40 bits per heavy atom. The van der Waals surface area contributed by atoms with Crippen LogP contribution in [0.1, 0.15) is 87.6 Å². The van der Waals surface area contributed by atoms with Gasteiger partial charge < -0.3 is 20.3 Å². The minimum absolute atomic E-state index is 0.215. The normalized spacial score (nSPS) is 26.1. The zero-order valence-electron chi connectivity index (χ0n) is 21.7. The zero-order valence-corrected chi connectivity index (χ0v) is 21.7. The average Bonchev–Trinajstić information content (AvgIpc) is 3.56. The van der Waals surface area contributed by atoms with Crippen LogP contribution in [0.5, 0.6) is 0 Å². The van der Waals surface area contributed by atoms with Gasteiger partial charge in [0.05, 0.1) is 5.69 Å². The second-order valence-corrected chi connectivity index (χ2v) is 10.6. The fourth-order valence-corrected chi connectivity index (χ4v) is 6.25. The summed E-state index contributed by atoms with van der Waals surface area (Å²) in [4.78, 5) is 24.2. The molecule has 8 bridgehead atoms. The minimum atomic E-state index is 0.215. The van der Waals surface area contributed by atoms with Crippen molar-refractivity contribution in [2.24, 2.45) is 11.8 Å². The lowest BCUT2D eigenvalue weighted by atomic mass is 9.88. The Morgan fingerprint density at radius 1 is 0.800 bits per heavy atom.